The monoisotopic (exact) mass is 408 g/mol. The van der Waals surface area contributed by atoms with Gasteiger partial charge < -0.3 is 10.2 Å². The Hall–Kier alpha value is -1.89. The van der Waals surface area contributed by atoms with E-state index < -0.39 is 5.60 Å². The second kappa shape index (κ2) is 8.86. The first-order valence-corrected chi connectivity index (χ1v) is 11.7. The predicted molar refractivity (Wildman–Crippen MR) is 124 cm³/mol. The van der Waals surface area contributed by atoms with E-state index in [-0.39, 0.29) is 5.41 Å². The number of phenols is 1. The first kappa shape index (κ1) is 21.8. The van der Waals surface area contributed by atoms with Gasteiger partial charge in [0.1, 0.15) is 11.4 Å². The second-order valence-corrected chi connectivity index (χ2v) is 9.44. The van der Waals surface area contributed by atoms with E-state index in [0.717, 1.165) is 53.9 Å². The molecule has 0 spiro atoms. The molecule has 1 aliphatic heterocycles. The summed E-state index contributed by atoms with van der Waals surface area (Å²) in [6.45, 7) is 8.51. The fourth-order valence-corrected chi connectivity index (χ4v) is 5.47. The molecule has 2 nitrogen and oxygen atoms in total. The summed E-state index contributed by atoms with van der Waals surface area (Å²) >= 11 is 1.89. The molecule has 2 N–H and O–H groups in total. The average molecular weight is 409 g/mol. The molecular weight excluding hydrogens is 376 g/mol. The molecule has 0 amide bonds. The highest BCUT2D eigenvalue weighted by molar-refractivity contribution is 7.99. The van der Waals surface area contributed by atoms with E-state index in [1.165, 1.54) is 11.1 Å². The minimum Gasteiger partial charge on any atom is -0.508 e. The summed E-state index contributed by atoms with van der Waals surface area (Å²) in [5.41, 5.74) is 4.64. The van der Waals surface area contributed by atoms with Crippen molar-refractivity contribution in [1.82, 2.24) is 0 Å². The van der Waals surface area contributed by atoms with E-state index in [1.807, 2.05) is 18.7 Å². The first-order chi connectivity index (χ1) is 13.8. The molecule has 0 unspecified atom stereocenters. The van der Waals surface area contributed by atoms with Crippen molar-refractivity contribution in [2.24, 2.45) is 0 Å². The zero-order chi connectivity index (χ0) is 21.1. The number of hydrogen-bond acceptors (Lipinski definition) is 3. The van der Waals surface area contributed by atoms with Crippen molar-refractivity contribution in [1.29, 1.82) is 0 Å². The van der Waals surface area contributed by atoms with Crippen molar-refractivity contribution in [3.05, 3.63) is 64.2 Å². The third kappa shape index (κ3) is 4.49. The first-order valence-electron chi connectivity index (χ1n) is 10.6. The van der Waals surface area contributed by atoms with Crippen LogP contribution in [0.3, 0.4) is 0 Å². The van der Waals surface area contributed by atoms with Crippen molar-refractivity contribution in [3.63, 3.8) is 0 Å². The molecule has 0 bridgehead atoms. The summed E-state index contributed by atoms with van der Waals surface area (Å²) in [5, 5.41) is 20.6. The number of hydrogen-bond donors (Lipinski definition) is 2. The molecule has 0 aliphatic carbocycles. The van der Waals surface area contributed by atoms with Gasteiger partial charge in [-0.25, -0.2) is 0 Å². The Morgan fingerprint density at radius 3 is 2.10 bits per heavy atom. The standard InChI is InChI=1S/C26H32O2S/c1-5-26(6-2,23-9-10-24(27)20(4)18-23)22-8-7-21(19(3)17-22)11-12-25(28)13-15-29-16-14-25/h7-10,17-18,27-28H,5-6,13-16H2,1-4H3. The van der Waals surface area contributed by atoms with Crippen molar-refractivity contribution in [3.8, 4) is 17.6 Å². The molecule has 0 atom stereocenters. The van der Waals surface area contributed by atoms with E-state index in [0.29, 0.717) is 5.75 Å². The van der Waals surface area contributed by atoms with Crippen LogP contribution in [0.15, 0.2) is 36.4 Å². The normalized spacial score (nSPS) is 16.2. The Morgan fingerprint density at radius 1 is 0.966 bits per heavy atom. The highest BCUT2D eigenvalue weighted by Gasteiger charge is 2.31. The molecule has 3 rings (SSSR count). The van der Waals surface area contributed by atoms with Crippen molar-refractivity contribution in [2.45, 2.75) is 64.4 Å². The predicted octanol–water partition coefficient (Wildman–Crippen LogP) is 5.72. The summed E-state index contributed by atoms with van der Waals surface area (Å²) in [6.07, 6.45) is 3.46. The van der Waals surface area contributed by atoms with Crippen LogP contribution in [0.2, 0.25) is 0 Å². The molecule has 29 heavy (non-hydrogen) atoms. The molecule has 0 aromatic heterocycles. The molecule has 2 aromatic carbocycles. The SMILES string of the molecule is CCC(CC)(c1ccc(O)c(C)c1)c1ccc(C#CC2(O)CCSCC2)c(C)c1. The number of aromatic hydroxyl groups is 1. The smallest absolute Gasteiger partial charge is 0.127 e. The Labute approximate surface area is 179 Å². The zero-order valence-corrected chi connectivity index (χ0v) is 18.8. The lowest BCUT2D eigenvalue weighted by atomic mass is 9.70. The number of aliphatic hydroxyl groups is 1. The van der Waals surface area contributed by atoms with Crippen molar-refractivity contribution < 1.29 is 10.2 Å². The summed E-state index contributed by atoms with van der Waals surface area (Å²) in [5.74, 6) is 8.70. The topological polar surface area (TPSA) is 40.5 Å². The maximum Gasteiger partial charge on any atom is 0.127 e. The lowest BCUT2D eigenvalue weighted by molar-refractivity contribution is 0.0927. The highest BCUT2D eigenvalue weighted by Crippen LogP contribution is 2.40. The summed E-state index contributed by atoms with van der Waals surface area (Å²) in [7, 11) is 0. The lowest BCUT2D eigenvalue weighted by Gasteiger charge is -2.34. The van der Waals surface area contributed by atoms with Crippen molar-refractivity contribution >= 4 is 11.8 Å². The van der Waals surface area contributed by atoms with Gasteiger partial charge in [-0.2, -0.15) is 11.8 Å². The molecule has 2 aromatic rings. The molecule has 1 fully saturated rings. The van der Waals surface area contributed by atoms with E-state index in [4.69, 9.17) is 0 Å². The van der Waals surface area contributed by atoms with Gasteiger partial charge in [-0.3, -0.25) is 0 Å². The quantitative estimate of drug-likeness (QED) is 0.635. The van der Waals surface area contributed by atoms with E-state index in [2.05, 4.69) is 62.9 Å². The fraction of sp³-hybridized carbons (Fsp3) is 0.462. The zero-order valence-electron chi connectivity index (χ0n) is 18.0. The van der Waals surface area contributed by atoms with Crippen molar-refractivity contribution in [2.75, 3.05) is 11.5 Å². The Morgan fingerprint density at radius 2 is 1.55 bits per heavy atom. The molecular formula is C26H32O2S. The Balaban J connectivity index is 1.97. The minimum atomic E-state index is -0.837. The van der Waals surface area contributed by atoms with Gasteiger partial charge in [0, 0.05) is 11.0 Å². The third-order valence-electron chi connectivity index (χ3n) is 6.49. The van der Waals surface area contributed by atoms with Crippen LogP contribution >= 0.6 is 11.8 Å². The van der Waals surface area contributed by atoms with Crippen LogP contribution in [0.25, 0.3) is 0 Å². The summed E-state index contributed by atoms with van der Waals surface area (Å²) in [6, 6.07) is 12.5. The number of benzene rings is 2. The Kier molecular flexibility index (Phi) is 6.66. The maximum atomic E-state index is 10.7. The third-order valence-corrected chi connectivity index (χ3v) is 7.47. The van der Waals surface area contributed by atoms with Crippen LogP contribution < -0.4 is 0 Å². The molecule has 1 aliphatic rings. The number of aryl methyl sites for hydroxylation is 2. The van der Waals surface area contributed by atoms with Gasteiger partial charge in [0.15, 0.2) is 0 Å². The molecule has 3 heteroatoms. The fourth-order valence-electron chi connectivity index (χ4n) is 4.31. The van der Waals surface area contributed by atoms with Crippen LogP contribution in [-0.4, -0.2) is 27.3 Å². The summed E-state index contributed by atoms with van der Waals surface area (Å²) in [4.78, 5) is 0. The second-order valence-electron chi connectivity index (χ2n) is 8.21. The van der Waals surface area contributed by atoms with Gasteiger partial charge in [0.05, 0.1) is 0 Å². The van der Waals surface area contributed by atoms with Crippen LogP contribution in [0.1, 0.15) is 67.3 Å². The lowest BCUT2D eigenvalue weighted by Crippen LogP contribution is -2.31. The molecule has 1 saturated heterocycles. The highest BCUT2D eigenvalue weighted by atomic mass is 32.2. The van der Waals surface area contributed by atoms with E-state index in [1.54, 1.807) is 6.07 Å². The van der Waals surface area contributed by atoms with Crippen LogP contribution in [0.5, 0.6) is 5.75 Å². The van der Waals surface area contributed by atoms with Gasteiger partial charge in [0.2, 0.25) is 0 Å². The van der Waals surface area contributed by atoms with Gasteiger partial charge in [-0.15, -0.1) is 0 Å². The van der Waals surface area contributed by atoms with Crippen LogP contribution in [0.4, 0.5) is 0 Å². The van der Waals surface area contributed by atoms with Gasteiger partial charge in [-0.1, -0.05) is 50.0 Å². The maximum absolute atomic E-state index is 10.7. The molecule has 0 radical (unpaired) electrons. The summed E-state index contributed by atoms with van der Waals surface area (Å²) < 4.78 is 0. The van der Waals surface area contributed by atoms with E-state index >= 15 is 0 Å². The minimum absolute atomic E-state index is 0.0893. The van der Waals surface area contributed by atoms with E-state index in [9.17, 15) is 10.2 Å². The molecule has 1 heterocycles. The average Bonchev–Trinajstić information content (AvgIpc) is 2.72. The van der Waals surface area contributed by atoms with Crippen LogP contribution in [0, 0.1) is 25.7 Å². The van der Waals surface area contributed by atoms with Gasteiger partial charge in [0.25, 0.3) is 0 Å². The Bertz CT molecular complexity index is 925. The number of rotatable bonds is 4. The number of phenolic OH excluding ortho intramolecular Hbond substituents is 1. The molecule has 0 saturated carbocycles. The molecule has 154 valence electrons. The van der Waals surface area contributed by atoms with Crippen LogP contribution in [-0.2, 0) is 5.41 Å². The van der Waals surface area contributed by atoms with Gasteiger partial charge >= 0.3 is 0 Å². The number of thioether (sulfide) groups is 1. The van der Waals surface area contributed by atoms with Gasteiger partial charge in [-0.05, 0) is 85.4 Å². The largest absolute Gasteiger partial charge is 0.508 e.